The van der Waals surface area contributed by atoms with Crippen molar-refractivity contribution in [2.24, 2.45) is 0 Å². The van der Waals surface area contributed by atoms with Crippen LogP contribution in [0.2, 0.25) is 0 Å². The molecule has 3 rings (SSSR count). The van der Waals surface area contributed by atoms with Crippen molar-refractivity contribution in [3.63, 3.8) is 0 Å². The van der Waals surface area contributed by atoms with Crippen molar-refractivity contribution in [2.45, 2.75) is 31.2 Å². The second-order valence-electron chi connectivity index (χ2n) is 6.01. The molecule has 0 aliphatic heterocycles. The zero-order valence-electron chi connectivity index (χ0n) is 13.1. The van der Waals surface area contributed by atoms with Crippen LogP contribution in [0.5, 0.6) is 5.75 Å². The molecule has 0 bridgehead atoms. The molecule has 1 aliphatic carbocycles. The lowest BCUT2D eigenvalue weighted by Gasteiger charge is -2.28. The van der Waals surface area contributed by atoms with Crippen LogP contribution in [0.1, 0.15) is 36.0 Å². The van der Waals surface area contributed by atoms with Crippen LogP contribution in [-0.4, -0.2) is 29.5 Å². The quantitative estimate of drug-likeness (QED) is 0.814. The summed E-state index contributed by atoms with van der Waals surface area (Å²) in [7, 11) is 1.57. The second-order valence-corrected chi connectivity index (χ2v) is 6.01. The molecule has 1 fully saturated rings. The van der Waals surface area contributed by atoms with Crippen molar-refractivity contribution in [1.82, 2.24) is 10.6 Å². The first-order valence-electron chi connectivity index (χ1n) is 7.83. The molecule has 2 aromatic rings. The number of phenolic OH excluding ortho intramolecular Hbond substituents is 1. The van der Waals surface area contributed by atoms with E-state index in [1.54, 1.807) is 25.2 Å². The standard InChI is InChI=1S/C18H20N2O3/c1-19-17(23)18(10-4-5-11-18)20-16(22)14-9-8-12-6-2-3-7-13(12)15(14)21/h2-3,6-9,21H,4-5,10-11H2,1H3,(H,19,23)(H,20,22). The summed E-state index contributed by atoms with van der Waals surface area (Å²) < 4.78 is 0. The largest absolute Gasteiger partial charge is 0.506 e. The predicted molar refractivity (Wildman–Crippen MR) is 88.3 cm³/mol. The zero-order valence-corrected chi connectivity index (χ0v) is 13.1. The van der Waals surface area contributed by atoms with E-state index in [1.807, 2.05) is 18.2 Å². The average molecular weight is 312 g/mol. The maximum atomic E-state index is 12.6. The molecule has 23 heavy (non-hydrogen) atoms. The fourth-order valence-electron chi connectivity index (χ4n) is 3.35. The van der Waals surface area contributed by atoms with Gasteiger partial charge in [0.15, 0.2) is 0 Å². The fraction of sp³-hybridized carbons (Fsp3) is 0.333. The van der Waals surface area contributed by atoms with Gasteiger partial charge in [-0.2, -0.15) is 0 Å². The molecule has 0 atom stereocenters. The van der Waals surface area contributed by atoms with E-state index in [4.69, 9.17) is 0 Å². The van der Waals surface area contributed by atoms with Gasteiger partial charge in [-0.15, -0.1) is 0 Å². The number of carbonyl (C=O) groups is 2. The van der Waals surface area contributed by atoms with Crippen LogP contribution >= 0.6 is 0 Å². The summed E-state index contributed by atoms with van der Waals surface area (Å²) in [5.74, 6) is -0.645. The number of phenols is 1. The number of nitrogens with one attached hydrogen (secondary N) is 2. The van der Waals surface area contributed by atoms with Crippen LogP contribution in [-0.2, 0) is 4.79 Å². The molecule has 1 aliphatic rings. The average Bonchev–Trinajstić information content (AvgIpc) is 3.04. The van der Waals surface area contributed by atoms with Gasteiger partial charge in [-0.05, 0) is 24.3 Å². The Morgan fingerprint density at radius 2 is 1.78 bits per heavy atom. The Kier molecular flexibility index (Phi) is 3.94. The number of amides is 2. The summed E-state index contributed by atoms with van der Waals surface area (Å²) in [5, 5.41) is 17.4. The number of aromatic hydroxyl groups is 1. The van der Waals surface area contributed by atoms with E-state index >= 15 is 0 Å². The number of hydrogen-bond acceptors (Lipinski definition) is 3. The number of hydrogen-bond donors (Lipinski definition) is 3. The summed E-state index contributed by atoms with van der Waals surface area (Å²) in [6.45, 7) is 0. The number of carbonyl (C=O) groups excluding carboxylic acids is 2. The van der Waals surface area contributed by atoms with E-state index in [-0.39, 0.29) is 17.2 Å². The van der Waals surface area contributed by atoms with Gasteiger partial charge in [0.1, 0.15) is 11.3 Å². The third-order valence-electron chi connectivity index (χ3n) is 4.62. The monoisotopic (exact) mass is 312 g/mol. The molecule has 120 valence electrons. The third kappa shape index (κ3) is 2.63. The van der Waals surface area contributed by atoms with Gasteiger partial charge < -0.3 is 15.7 Å². The lowest BCUT2D eigenvalue weighted by atomic mass is 9.95. The van der Waals surface area contributed by atoms with E-state index in [2.05, 4.69) is 10.6 Å². The molecule has 3 N–H and O–H groups in total. The minimum atomic E-state index is -0.871. The Morgan fingerprint density at radius 1 is 1.09 bits per heavy atom. The van der Waals surface area contributed by atoms with Crippen molar-refractivity contribution in [3.8, 4) is 5.75 Å². The van der Waals surface area contributed by atoms with Gasteiger partial charge in [0.05, 0.1) is 5.56 Å². The first-order valence-corrected chi connectivity index (χ1v) is 7.83. The highest BCUT2D eigenvalue weighted by Gasteiger charge is 2.42. The van der Waals surface area contributed by atoms with Crippen molar-refractivity contribution in [1.29, 1.82) is 0 Å². The highest BCUT2D eigenvalue weighted by atomic mass is 16.3. The van der Waals surface area contributed by atoms with Crippen LogP contribution in [0.4, 0.5) is 0 Å². The maximum absolute atomic E-state index is 12.6. The first-order chi connectivity index (χ1) is 11.1. The number of likely N-dealkylation sites (N-methyl/N-ethyl adjacent to an activating group) is 1. The SMILES string of the molecule is CNC(=O)C1(NC(=O)c2ccc3ccccc3c2O)CCCC1. The number of fused-ring (bicyclic) bond motifs is 1. The van der Waals surface area contributed by atoms with E-state index in [9.17, 15) is 14.7 Å². The van der Waals surface area contributed by atoms with E-state index < -0.39 is 11.4 Å². The molecule has 1 saturated carbocycles. The summed E-state index contributed by atoms with van der Waals surface area (Å²) >= 11 is 0. The molecule has 0 radical (unpaired) electrons. The fourth-order valence-corrected chi connectivity index (χ4v) is 3.35. The molecule has 2 aromatic carbocycles. The first kappa shape index (κ1) is 15.3. The molecule has 0 aromatic heterocycles. The molecule has 0 heterocycles. The molecule has 0 spiro atoms. The maximum Gasteiger partial charge on any atom is 0.255 e. The Balaban J connectivity index is 1.94. The van der Waals surface area contributed by atoms with Gasteiger partial charge in [0.2, 0.25) is 5.91 Å². The van der Waals surface area contributed by atoms with E-state index in [1.165, 1.54) is 0 Å². The third-order valence-corrected chi connectivity index (χ3v) is 4.62. The molecular formula is C18H20N2O3. The van der Waals surface area contributed by atoms with Gasteiger partial charge in [-0.1, -0.05) is 43.2 Å². The van der Waals surface area contributed by atoms with E-state index in [0.717, 1.165) is 18.2 Å². The molecule has 0 saturated heterocycles. The van der Waals surface area contributed by atoms with Crippen molar-refractivity contribution >= 4 is 22.6 Å². The minimum Gasteiger partial charge on any atom is -0.506 e. The lowest BCUT2D eigenvalue weighted by Crippen LogP contribution is -2.56. The van der Waals surface area contributed by atoms with Gasteiger partial charge in [-0.3, -0.25) is 9.59 Å². The highest BCUT2D eigenvalue weighted by molar-refractivity contribution is 6.05. The summed E-state index contributed by atoms with van der Waals surface area (Å²) in [5.41, 5.74) is -0.678. The minimum absolute atomic E-state index is 0.0503. The van der Waals surface area contributed by atoms with Crippen LogP contribution < -0.4 is 10.6 Å². The summed E-state index contributed by atoms with van der Waals surface area (Å²) in [6, 6.07) is 10.7. The van der Waals surface area contributed by atoms with Crippen LogP contribution in [0.25, 0.3) is 10.8 Å². The second kappa shape index (κ2) is 5.91. The number of rotatable bonds is 3. The topological polar surface area (TPSA) is 78.4 Å². The Morgan fingerprint density at radius 3 is 2.48 bits per heavy atom. The van der Waals surface area contributed by atoms with Crippen molar-refractivity contribution in [2.75, 3.05) is 7.05 Å². The van der Waals surface area contributed by atoms with Crippen LogP contribution in [0.3, 0.4) is 0 Å². The Hall–Kier alpha value is -2.56. The predicted octanol–water partition coefficient (Wildman–Crippen LogP) is 2.33. The highest BCUT2D eigenvalue weighted by Crippen LogP contribution is 2.32. The Bertz CT molecular complexity index is 764. The van der Waals surface area contributed by atoms with Crippen LogP contribution in [0.15, 0.2) is 36.4 Å². The number of benzene rings is 2. The van der Waals surface area contributed by atoms with Crippen molar-refractivity contribution < 1.29 is 14.7 Å². The molecule has 5 heteroatoms. The molecular weight excluding hydrogens is 292 g/mol. The normalized spacial score (nSPS) is 16.2. The van der Waals surface area contributed by atoms with Gasteiger partial charge >= 0.3 is 0 Å². The van der Waals surface area contributed by atoms with Gasteiger partial charge in [-0.25, -0.2) is 0 Å². The van der Waals surface area contributed by atoms with Gasteiger partial charge in [0, 0.05) is 12.4 Å². The van der Waals surface area contributed by atoms with E-state index in [0.29, 0.717) is 18.2 Å². The lowest BCUT2D eigenvalue weighted by molar-refractivity contribution is -0.126. The Labute approximate surface area is 134 Å². The smallest absolute Gasteiger partial charge is 0.255 e. The molecule has 5 nitrogen and oxygen atoms in total. The van der Waals surface area contributed by atoms with Crippen molar-refractivity contribution in [3.05, 3.63) is 42.0 Å². The van der Waals surface area contributed by atoms with Crippen LogP contribution in [0, 0.1) is 0 Å². The zero-order chi connectivity index (χ0) is 16.4. The molecule has 2 amide bonds. The van der Waals surface area contributed by atoms with Gasteiger partial charge in [0.25, 0.3) is 5.91 Å². The summed E-state index contributed by atoms with van der Waals surface area (Å²) in [4.78, 5) is 24.9. The molecule has 0 unspecified atom stereocenters. The summed E-state index contributed by atoms with van der Waals surface area (Å²) in [6.07, 6.45) is 3.04.